The number of anilines is 1. The molecule has 0 spiro atoms. The van der Waals surface area contributed by atoms with Crippen LogP contribution in [0.4, 0.5) is 5.69 Å². The number of hydrogen-bond acceptors (Lipinski definition) is 9. The molecular formula is C21H31N3O5S4. The third kappa shape index (κ3) is 7.67. The highest BCUT2D eigenvalue weighted by Crippen LogP contribution is 2.50. The van der Waals surface area contributed by atoms with Crippen LogP contribution in [0.1, 0.15) is 27.2 Å². The van der Waals surface area contributed by atoms with Crippen LogP contribution in [0.15, 0.2) is 39.1 Å². The lowest BCUT2D eigenvalue weighted by Gasteiger charge is -2.21. The van der Waals surface area contributed by atoms with E-state index in [4.69, 9.17) is 21.9 Å². The largest absolute Gasteiger partial charge is 0.395 e. The molecule has 1 aromatic rings. The summed E-state index contributed by atoms with van der Waals surface area (Å²) < 4.78 is 31.4. The molecule has 2 aliphatic heterocycles. The van der Waals surface area contributed by atoms with E-state index < -0.39 is 10.1 Å². The fraction of sp³-hybridized carbons (Fsp3) is 0.524. The summed E-state index contributed by atoms with van der Waals surface area (Å²) in [5.41, 5.74) is 0.885. The summed E-state index contributed by atoms with van der Waals surface area (Å²) in [5.74, 6) is -0.612. The monoisotopic (exact) mass is 533 g/mol. The number of thioether (sulfide) groups is 2. The number of nitrogens with zero attached hydrogens (tertiary/aromatic N) is 3. The van der Waals surface area contributed by atoms with Gasteiger partial charge in [-0.3, -0.25) is 14.2 Å². The number of benzene rings is 1. The molecule has 2 aliphatic rings. The molecule has 3 rings (SSSR count). The summed E-state index contributed by atoms with van der Waals surface area (Å²) in [4.78, 5) is 19.7. The van der Waals surface area contributed by atoms with Gasteiger partial charge < -0.3 is 14.9 Å². The zero-order valence-corrected chi connectivity index (χ0v) is 22.3. The molecular weight excluding hydrogens is 503 g/mol. The van der Waals surface area contributed by atoms with Crippen LogP contribution in [-0.4, -0.2) is 83.2 Å². The van der Waals surface area contributed by atoms with Crippen LogP contribution in [0.5, 0.6) is 0 Å². The molecule has 12 heteroatoms. The minimum Gasteiger partial charge on any atom is -0.395 e. The van der Waals surface area contributed by atoms with Crippen LogP contribution < -0.4 is 4.90 Å². The topological polar surface area (TPSA) is 101 Å². The lowest BCUT2D eigenvalue weighted by atomic mass is 10.3. The summed E-state index contributed by atoms with van der Waals surface area (Å²) in [6.07, 6.45) is 0.216. The number of amides is 1. The third-order valence-corrected chi connectivity index (χ3v) is 8.65. The van der Waals surface area contributed by atoms with E-state index in [1.165, 1.54) is 48.1 Å². The Labute approximate surface area is 210 Å². The summed E-state index contributed by atoms with van der Waals surface area (Å²) >= 11 is 7.85. The Bertz CT molecular complexity index is 974. The van der Waals surface area contributed by atoms with Gasteiger partial charge >= 0.3 is 0 Å². The van der Waals surface area contributed by atoms with Gasteiger partial charge in [0.1, 0.15) is 14.3 Å². The first-order valence-corrected chi connectivity index (χ1v) is 14.4. The first-order valence-electron chi connectivity index (χ1n) is 10.8. The standard InChI is InChI=1S/C15H16N2O5S4.C6H15N/c18-8-7-17-13(19)12(25-15(17)23)14-16(6-3-9-26(20,21)22)10-4-1-2-5-11(10)24-14;1-4-7(5-2)6-3/h1-2,4-5,18H,3,6-9H2,(H,20,21,22);4-6H2,1-3H3/b14-12+;. The molecule has 0 radical (unpaired) electrons. The van der Waals surface area contributed by atoms with Gasteiger partial charge in [0.25, 0.3) is 16.0 Å². The average Bonchev–Trinajstić information content (AvgIpc) is 3.27. The SMILES string of the molecule is CCN(CC)CC.O=C1/C(=C2\Sc3ccccc3N2CCCS(=O)(=O)O)SC(=S)N1CCO. The number of thiocarbonyl (C=S) groups is 1. The van der Waals surface area contributed by atoms with Gasteiger partial charge in [0, 0.05) is 11.4 Å². The number of β-amino-alcohol motifs (C(OH)–C–C–N with tert-alkyl or cyclic N) is 1. The fourth-order valence-corrected chi connectivity index (χ4v) is 6.46. The van der Waals surface area contributed by atoms with Crippen LogP contribution in [-0.2, 0) is 14.9 Å². The van der Waals surface area contributed by atoms with E-state index in [1.54, 1.807) is 0 Å². The Morgan fingerprint density at radius 2 is 1.67 bits per heavy atom. The molecule has 0 saturated carbocycles. The van der Waals surface area contributed by atoms with Gasteiger partial charge in [-0.15, -0.1) is 0 Å². The van der Waals surface area contributed by atoms with Crippen LogP contribution >= 0.6 is 35.7 Å². The first kappa shape index (κ1) is 28.1. The number of aliphatic hydroxyl groups is 1. The number of para-hydroxylation sites is 1. The van der Waals surface area contributed by atoms with Crippen molar-refractivity contribution in [3.05, 3.63) is 34.2 Å². The Morgan fingerprint density at radius 3 is 2.21 bits per heavy atom. The number of carbonyl (C=O) groups excluding carboxylic acids is 1. The van der Waals surface area contributed by atoms with E-state index in [0.29, 0.717) is 20.8 Å². The van der Waals surface area contributed by atoms with Crippen molar-refractivity contribution in [3.63, 3.8) is 0 Å². The zero-order valence-electron chi connectivity index (χ0n) is 19.1. The van der Waals surface area contributed by atoms with E-state index in [-0.39, 0.29) is 31.2 Å². The van der Waals surface area contributed by atoms with Gasteiger partial charge in [0.15, 0.2) is 0 Å². The van der Waals surface area contributed by atoms with Crippen LogP contribution in [0, 0.1) is 0 Å². The summed E-state index contributed by atoms with van der Waals surface area (Å²) in [6.45, 7) is 10.4. The quantitative estimate of drug-likeness (QED) is 0.279. The molecule has 8 nitrogen and oxygen atoms in total. The summed E-state index contributed by atoms with van der Waals surface area (Å²) in [7, 11) is -4.04. The maximum absolute atomic E-state index is 12.7. The molecule has 1 saturated heterocycles. The zero-order chi connectivity index (χ0) is 24.6. The molecule has 33 heavy (non-hydrogen) atoms. The Hall–Kier alpha value is -1.15. The smallest absolute Gasteiger partial charge is 0.268 e. The predicted molar refractivity (Wildman–Crippen MR) is 140 cm³/mol. The minimum atomic E-state index is -4.04. The first-order chi connectivity index (χ1) is 15.7. The van der Waals surface area contributed by atoms with Gasteiger partial charge in [-0.25, -0.2) is 0 Å². The van der Waals surface area contributed by atoms with Crippen molar-refractivity contribution in [2.75, 3.05) is 50.0 Å². The maximum atomic E-state index is 12.7. The molecule has 1 aromatic carbocycles. The summed E-state index contributed by atoms with van der Waals surface area (Å²) in [5, 5.41) is 9.82. The highest BCUT2D eigenvalue weighted by Gasteiger charge is 2.38. The number of hydrogen-bond donors (Lipinski definition) is 2. The van der Waals surface area contributed by atoms with Crippen molar-refractivity contribution < 1.29 is 22.9 Å². The van der Waals surface area contributed by atoms with E-state index in [9.17, 15) is 13.2 Å². The average molecular weight is 534 g/mol. The molecule has 0 aromatic heterocycles. The van der Waals surface area contributed by atoms with Crippen molar-refractivity contribution in [3.8, 4) is 0 Å². The molecule has 1 fully saturated rings. The highest BCUT2D eigenvalue weighted by atomic mass is 32.2. The van der Waals surface area contributed by atoms with Gasteiger partial charge in [-0.1, -0.05) is 68.6 Å². The number of carbonyl (C=O) groups is 1. The molecule has 184 valence electrons. The fourth-order valence-electron chi connectivity index (χ4n) is 3.32. The number of fused-ring (bicyclic) bond motifs is 1. The third-order valence-electron chi connectivity index (χ3n) is 5.10. The normalized spacial score (nSPS) is 18.1. The van der Waals surface area contributed by atoms with Crippen LogP contribution in [0.3, 0.4) is 0 Å². The second-order valence-corrected chi connectivity index (χ2v) is 11.4. The molecule has 0 unspecified atom stereocenters. The number of aliphatic hydroxyl groups excluding tert-OH is 1. The van der Waals surface area contributed by atoms with Crippen molar-refractivity contribution in [1.29, 1.82) is 0 Å². The van der Waals surface area contributed by atoms with E-state index in [2.05, 4.69) is 25.7 Å². The second kappa shape index (κ2) is 13.1. The second-order valence-electron chi connectivity index (χ2n) is 7.16. The lowest BCUT2D eigenvalue weighted by Crippen LogP contribution is -2.31. The van der Waals surface area contributed by atoms with Crippen molar-refractivity contribution in [2.24, 2.45) is 0 Å². The molecule has 0 aliphatic carbocycles. The van der Waals surface area contributed by atoms with E-state index in [0.717, 1.165) is 10.6 Å². The van der Waals surface area contributed by atoms with Gasteiger partial charge in [-0.05, 0) is 38.2 Å². The van der Waals surface area contributed by atoms with Crippen LogP contribution in [0.2, 0.25) is 0 Å². The van der Waals surface area contributed by atoms with Crippen molar-refractivity contribution in [1.82, 2.24) is 9.80 Å². The van der Waals surface area contributed by atoms with Gasteiger partial charge in [0.2, 0.25) is 0 Å². The van der Waals surface area contributed by atoms with E-state index in [1.807, 2.05) is 29.2 Å². The highest BCUT2D eigenvalue weighted by molar-refractivity contribution is 8.27. The maximum Gasteiger partial charge on any atom is 0.268 e. The van der Waals surface area contributed by atoms with Crippen LogP contribution in [0.25, 0.3) is 0 Å². The molecule has 1 amide bonds. The van der Waals surface area contributed by atoms with E-state index >= 15 is 0 Å². The minimum absolute atomic E-state index is 0.141. The molecule has 2 N–H and O–H groups in total. The number of rotatable bonds is 9. The van der Waals surface area contributed by atoms with Crippen molar-refractivity contribution in [2.45, 2.75) is 32.1 Å². The Morgan fingerprint density at radius 1 is 1.03 bits per heavy atom. The Kier molecular flexibility index (Phi) is 11.1. The lowest BCUT2D eigenvalue weighted by molar-refractivity contribution is -0.122. The summed E-state index contributed by atoms with van der Waals surface area (Å²) in [6, 6.07) is 7.59. The van der Waals surface area contributed by atoms with Crippen molar-refractivity contribution >= 4 is 61.8 Å². The Balaban J connectivity index is 0.000000479. The van der Waals surface area contributed by atoms with Gasteiger partial charge in [-0.2, -0.15) is 8.42 Å². The molecule has 0 bridgehead atoms. The molecule has 0 atom stereocenters. The predicted octanol–water partition coefficient (Wildman–Crippen LogP) is 3.25. The molecule has 2 heterocycles. The van der Waals surface area contributed by atoms with Gasteiger partial charge in [0.05, 0.1) is 24.6 Å².